The Hall–Kier alpha value is -0.950. The van der Waals surface area contributed by atoms with Gasteiger partial charge in [0.15, 0.2) is 0 Å². The molecule has 0 radical (unpaired) electrons. The van der Waals surface area contributed by atoms with Crippen molar-refractivity contribution in [2.45, 2.75) is 44.7 Å². The number of aliphatic hydroxyl groups excluding tert-OH is 1. The molecular formula is C14H24N2O4S. The first-order valence-electron chi connectivity index (χ1n) is 7.42. The predicted molar refractivity (Wildman–Crippen MR) is 81.1 cm³/mol. The molecule has 120 valence electrons. The molecule has 4 unspecified atom stereocenters. The average molecular weight is 316 g/mol. The SMILES string of the molecule is CC(C)C1SCC(C(=O)O)N1C(=O)N1CCC(C(C)O)C1. The largest absolute Gasteiger partial charge is 0.480 e. The number of carbonyl (C=O) groups excluding carboxylic acids is 1. The number of thioether (sulfide) groups is 1. The molecule has 2 aliphatic rings. The van der Waals surface area contributed by atoms with E-state index in [1.165, 1.54) is 16.7 Å². The van der Waals surface area contributed by atoms with Crippen LogP contribution in [0, 0.1) is 11.8 Å². The number of urea groups is 1. The van der Waals surface area contributed by atoms with Crippen LogP contribution in [0.4, 0.5) is 4.79 Å². The van der Waals surface area contributed by atoms with E-state index in [0.29, 0.717) is 18.8 Å². The summed E-state index contributed by atoms with van der Waals surface area (Å²) in [6.45, 7) is 6.85. The van der Waals surface area contributed by atoms with Crippen molar-refractivity contribution in [3.05, 3.63) is 0 Å². The summed E-state index contributed by atoms with van der Waals surface area (Å²) in [7, 11) is 0. The summed E-state index contributed by atoms with van der Waals surface area (Å²) in [5.74, 6) is -0.203. The zero-order chi connectivity index (χ0) is 15.7. The van der Waals surface area contributed by atoms with E-state index in [0.717, 1.165) is 6.42 Å². The number of likely N-dealkylation sites (tertiary alicyclic amines) is 1. The second kappa shape index (κ2) is 6.44. The fourth-order valence-electron chi connectivity index (χ4n) is 2.99. The van der Waals surface area contributed by atoms with Gasteiger partial charge in [0.1, 0.15) is 6.04 Å². The third-order valence-corrected chi connectivity index (χ3v) is 5.91. The van der Waals surface area contributed by atoms with Crippen molar-refractivity contribution in [3.8, 4) is 0 Å². The van der Waals surface area contributed by atoms with Crippen molar-refractivity contribution in [1.29, 1.82) is 0 Å². The van der Waals surface area contributed by atoms with Gasteiger partial charge in [-0.25, -0.2) is 9.59 Å². The van der Waals surface area contributed by atoms with Crippen molar-refractivity contribution >= 4 is 23.8 Å². The zero-order valence-electron chi connectivity index (χ0n) is 12.7. The Bertz CT molecular complexity index is 416. The molecule has 2 N–H and O–H groups in total. The van der Waals surface area contributed by atoms with Gasteiger partial charge in [0.25, 0.3) is 0 Å². The zero-order valence-corrected chi connectivity index (χ0v) is 13.5. The van der Waals surface area contributed by atoms with E-state index in [4.69, 9.17) is 0 Å². The lowest BCUT2D eigenvalue weighted by atomic mass is 10.0. The Morgan fingerprint density at radius 2 is 1.95 bits per heavy atom. The van der Waals surface area contributed by atoms with Crippen LogP contribution in [0.25, 0.3) is 0 Å². The van der Waals surface area contributed by atoms with E-state index >= 15 is 0 Å². The highest BCUT2D eigenvalue weighted by Crippen LogP contribution is 2.35. The molecule has 4 atom stereocenters. The van der Waals surface area contributed by atoms with Crippen molar-refractivity contribution in [1.82, 2.24) is 9.80 Å². The van der Waals surface area contributed by atoms with Crippen molar-refractivity contribution in [3.63, 3.8) is 0 Å². The molecule has 0 aliphatic carbocycles. The molecule has 2 saturated heterocycles. The Morgan fingerprint density at radius 3 is 2.43 bits per heavy atom. The molecular weight excluding hydrogens is 292 g/mol. The van der Waals surface area contributed by atoms with Crippen LogP contribution in [0.15, 0.2) is 0 Å². The molecule has 2 rings (SSSR count). The molecule has 2 heterocycles. The number of hydrogen-bond acceptors (Lipinski definition) is 4. The van der Waals surface area contributed by atoms with Crippen LogP contribution < -0.4 is 0 Å². The number of hydrogen-bond donors (Lipinski definition) is 2. The molecule has 21 heavy (non-hydrogen) atoms. The molecule has 2 fully saturated rings. The van der Waals surface area contributed by atoms with Crippen LogP contribution in [0.3, 0.4) is 0 Å². The summed E-state index contributed by atoms with van der Waals surface area (Å²) in [5.41, 5.74) is 0. The third-order valence-electron chi connectivity index (χ3n) is 4.29. The van der Waals surface area contributed by atoms with Gasteiger partial charge in [-0.15, -0.1) is 11.8 Å². The number of rotatable bonds is 3. The van der Waals surface area contributed by atoms with Gasteiger partial charge in [-0.2, -0.15) is 0 Å². The molecule has 0 aromatic carbocycles. The first-order chi connectivity index (χ1) is 9.82. The van der Waals surface area contributed by atoms with Crippen LogP contribution in [-0.2, 0) is 4.79 Å². The van der Waals surface area contributed by atoms with E-state index in [9.17, 15) is 19.8 Å². The number of nitrogens with zero attached hydrogens (tertiary/aromatic N) is 2. The molecule has 0 aromatic rings. The second-order valence-corrected chi connectivity index (χ2v) is 7.40. The van der Waals surface area contributed by atoms with E-state index in [1.54, 1.807) is 11.8 Å². The van der Waals surface area contributed by atoms with Gasteiger partial charge < -0.3 is 15.1 Å². The molecule has 0 bridgehead atoms. The van der Waals surface area contributed by atoms with Gasteiger partial charge in [0.05, 0.1) is 11.5 Å². The fraction of sp³-hybridized carbons (Fsp3) is 0.857. The Morgan fingerprint density at radius 1 is 1.29 bits per heavy atom. The Balaban J connectivity index is 2.12. The summed E-state index contributed by atoms with van der Waals surface area (Å²) in [6.07, 6.45) is 0.334. The maximum atomic E-state index is 12.7. The van der Waals surface area contributed by atoms with E-state index in [2.05, 4.69) is 0 Å². The van der Waals surface area contributed by atoms with Gasteiger partial charge in [-0.05, 0) is 19.3 Å². The lowest BCUT2D eigenvalue weighted by molar-refractivity contribution is -0.141. The smallest absolute Gasteiger partial charge is 0.327 e. The third kappa shape index (κ3) is 3.29. The van der Waals surface area contributed by atoms with Crippen LogP contribution in [0.5, 0.6) is 0 Å². The summed E-state index contributed by atoms with van der Waals surface area (Å²) in [6, 6.07) is -0.949. The highest BCUT2D eigenvalue weighted by atomic mass is 32.2. The minimum atomic E-state index is -0.940. The fourth-order valence-corrected chi connectivity index (χ4v) is 4.46. The number of carbonyl (C=O) groups is 2. The minimum absolute atomic E-state index is 0.0879. The summed E-state index contributed by atoms with van der Waals surface area (Å²) in [5, 5.41) is 18.9. The number of aliphatic hydroxyl groups is 1. The standard InChI is InChI=1S/C14H24N2O4S/c1-8(2)12-16(11(7-21-12)13(18)19)14(20)15-5-4-10(6-15)9(3)17/h8-12,17H,4-7H2,1-3H3,(H,18,19). The molecule has 2 aliphatic heterocycles. The first-order valence-corrected chi connectivity index (χ1v) is 8.47. The maximum Gasteiger partial charge on any atom is 0.327 e. The number of carboxylic acid groups (broad SMARTS) is 1. The molecule has 0 spiro atoms. The van der Waals surface area contributed by atoms with Gasteiger partial charge >= 0.3 is 12.0 Å². The van der Waals surface area contributed by atoms with Crippen molar-refractivity contribution in [2.75, 3.05) is 18.8 Å². The van der Waals surface area contributed by atoms with Crippen LogP contribution in [0.2, 0.25) is 0 Å². The van der Waals surface area contributed by atoms with Gasteiger partial charge in [-0.1, -0.05) is 13.8 Å². The van der Waals surface area contributed by atoms with Gasteiger partial charge in [0.2, 0.25) is 0 Å². The van der Waals surface area contributed by atoms with Crippen molar-refractivity contribution in [2.24, 2.45) is 11.8 Å². The highest BCUT2D eigenvalue weighted by Gasteiger charge is 2.45. The second-order valence-electron chi connectivity index (χ2n) is 6.25. The highest BCUT2D eigenvalue weighted by molar-refractivity contribution is 8.00. The van der Waals surface area contributed by atoms with Crippen LogP contribution >= 0.6 is 11.8 Å². The molecule has 0 saturated carbocycles. The minimum Gasteiger partial charge on any atom is -0.480 e. The maximum absolute atomic E-state index is 12.7. The van der Waals surface area contributed by atoms with Crippen LogP contribution in [-0.4, -0.2) is 68.4 Å². The van der Waals surface area contributed by atoms with Crippen LogP contribution in [0.1, 0.15) is 27.2 Å². The Kier molecular flexibility index (Phi) is 5.03. The summed E-state index contributed by atoms with van der Waals surface area (Å²) in [4.78, 5) is 27.4. The number of aliphatic carboxylic acids is 1. The number of carboxylic acids is 1. The van der Waals surface area contributed by atoms with Gasteiger partial charge in [0, 0.05) is 24.8 Å². The molecule has 2 amide bonds. The van der Waals surface area contributed by atoms with Gasteiger partial charge in [-0.3, -0.25) is 4.90 Å². The first kappa shape index (κ1) is 16.4. The number of amides is 2. The Labute approximate surface area is 129 Å². The summed E-state index contributed by atoms with van der Waals surface area (Å²) < 4.78 is 0. The average Bonchev–Trinajstić information content (AvgIpc) is 3.04. The molecule has 6 nitrogen and oxygen atoms in total. The van der Waals surface area contributed by atoms with E-state index in [-0.39, 0.29) is 23.2 Å². The summed E-state index contributed by atoms with van der Waals surface area (Å²) >= 11 is 1.54. The predicted octanol–water partition coefficient (Wildman–Crippen LogP) is 1.29. The van der Waals surface area contributed by atoms with E-state index < -0.39 is 18.1 Å². The lowest BCUT2D eigenvalue weighted by Gasteiger charge is -2.33. The van der Waals surface area contributed by atoms with E-state index in [1.807, 2.05) is 13.8 Å². The molecule has 7 heteroatoms. The normalized spacial score (nSPS) is 31.0. The molecule has 0 aromatic heterocycles. The van der Waals surface area contributed by atoms with Crippen molar-refractivity contribution < 1.29 is 19.8 Å². The quantitative estimate of drug-likeness (QED) is 0.820. The lowest BCUT2D eigenvalue weighted by Crippen LogP contribution is -2.52. The topological polar surface area (TPSA) is 81.1 Å². The monoisotopic (exact) mass is 316 g/mol.